The van der Waals surface area contributed by atoms with Gasteiger partial charge in [-0.15, -0.1) is 0 Å². The second kappa shape index (κ2) is 13.2. The van der Waals surface area contributed by atoms with Crippen molar-refractivity contribution < 1.29 is 19.1 Å². The molecular formula is C29H40N2O4. The molecule has 1 aliphatic heterocycles. The number of carbonyl (C=O) groups excluding carboxylic acids is 2. The molecule has 1 N–H and O–H groups in total. The monoisotopic (exact) mass is 480 g/mol. The summed E-state index contributed by atoms with van der Waals surface area (Å²) in [5.41, 5.74) is 3.60. The Morgan fingerprint density at radius 2 is 1.77 bits per heavy atom. The smallest absolute Gasteiger partial charge is 0.341 e. The van der Waals surface area contributed by atoms with E-state index in [4.69, 9.17) is 9.47 Å². The van der Waals surface area contributed by atoms with Crippen molar-refractivity contribution in [3.8, 4) is 5.75 Å². The van der Waals surface area contributed by atoms with E-state index in [0.29, 0.717) is 17.9 Å². The lowest BCUT2D eigenvalue weighted by atomic mass is 9.97. The van der Waals surface area contributed by atoms with Gasteiger partial charge in [0.1, 0.15) is 11.3 Å². The number of hydrogen-bond acceptors (Lipinski definition) is 5. The summed E-state index contributed by atoms with van der Waals surface area (Å²) in [5.74, 6) is -0.0166. The Bertz CT molecular complexity index is 982. The fraction of sp³-hybridized carbons (Fsp3) is 0.517. The average molecular weight is 481 g/mol. The van der Waals surface area contributed by atoms with E-state index in [2.05, 4.69) is 41.4 Å². The van der Waals surface area contributed by atoms with Crippen LogP contribution in [-0.4, -0.2) is 37.7 Å². The Morgan fingerprint density at radius 1 is 1.03 bits per heavy atom. The van der Waals surface area contributed by atoms with E-state index in [-0.39, 0.29) is 24.5 Å². The van der Waals surface area contributed by atoms with Crippen LogP contribution in [-0.2, 0) is 16.0 Å². The molecule has 1 fully saturated rings. The number of carbonyl (C=O) groups is 2. The number of hydrogen-bond donors (Lipinski definition) is 1. The zero-order valence-corrected chi connectivity index (χ0v) is 21.6. The van der Waals surface area contributed by atoms with Gasteiger partial charge in [0, 0.05) is 18.8 Å². The van der Waals surface area contributed by atoms with Crippen LogP contribution in [0.25, 0.3) is 0 Å². The Morgan fingerprint density at radius 3 is 2.46 bits per heavy atom. The minimum atomic E-state index is -0.420. The molecule has 2 aromatic carbocycles. The number of amides is 1. The van der Waals surface area contributed by atoms with Gasteiger partial charge in [0.15, 0.2) is 0 Å². The van der Waals surface area contributed by atoms with Crippen LogP contribution in [0.15, 0.2) is 42.5 Å². The highest BCUT2D eigenvalue weighted by Gasteiger charge is 2.22. The number of para-hydroxylation sites is 1. The quantitative estimate of drug-likeness (QED) is 0.409. The molecule has 0 radical (unpaired) electrons. The van der Waals surface area contributed by atoms with Crippen LogP contribution in [0.2, 0.25) is 0 Å². The van der Waals surface area contributed by atoms with E-state index in [1.54, 1.807) is 25.1 Å². The zero-order valence-electron chi connectivity index (χ0n) is 21.6. The Labute approximate surface area is 210 Å². The molecule has 2 aromatic rings. The lowest BCUT2D eigenvalue weighted by Crippen LogP contribution is -2.34. The summed E-state index contributed by atoms with van der Waals surface area (Å²) in [6, 6.07) is 13.7. The second-order valence-electron chi connectivity index (χ2n) is 9.41. The van der Waals surface area contributed by atoms with Gasteiger partial charge in [-0.05, 0) is 75.8 Å². The van der Waals surface area contributed by atoms with Crippen molar-refractivity contribution in [2.75, 3.05) is 24.6 Å². The molecule has 1 unspecified atom stereocenters. The molecule has 1 aliphatic rings. The number of piperidine rings is 1. The highest BCUT2D eigenvalue weighted by molar-refractivity contribution is 5.93. The van der Waals surface area contributed by atoms with Crippen LogP contribution >= 0.6 is 0 Å². The van der Waals surface area contributed by atoms with Crippen molar-refractivity contribution >= 4 is 17.6 Å². The fourth-order valence-corrected chi connectivity index (χ4v) is 4.64. The van der Waals surface area contributed by atoms with Gasteiger partial charge in [0.05, 0.1) is 25.2 Å². The third-order valence-corrected chi connectivity index (χ3v) is 6.19. The maximum Gasteiger partial charge on any atom is 0.341 e. The van der Waals surface area contributed by atoms with Crippen molar-refractivity contribution in [3.63, 3.8) is 0 Å². The second-order valence-corrected chi connectivity index (χ2v) is 9.41. The normalized spacial score (nSPS) is 14.5. The highest BCUT2D eigenvalue weighted by atomic mass is 16.5. The molecule has 0 aromatic heterocycles. The average Bonchev–Trinajstić information content (AvgIpc) is 2.84. The number of anilines is 1. The van der Waals surface area contributed by atoms with Crippen molar-refractivity contribution in [1.29, 1.82) is 0 Å². The molecule has 190 valence electrons. The third kappa shape index (κ3) is 7.48. The third-order valence-electron chi connectivity index (χ3n) is 6.19. The highest BCUT2D eigenvalue weighted by Crippen LogP contribution is 2.31. The van der Waals surface area contributed by atoms with Gasteiger partial charge < -0.3 is 19.7 Å². The van der Waals surface area contributed by atoms with Crippen LogP contribution in [0.4, 0.5) is 5.69 Å². The van der Waals surface area contributed by atoms with Crippen LogP contribution in [0, 0.1) is 0 Å². The SMILES string of the molecule is CCCC(NC(=O)Cc1ccc(C(=O)OCC)c(OC(C)C)c1)c1ccccc1N1CCCCC1. The number of benzene rings is 2. The number of nitrogens with one attached hydrogen (secondary N) is 1. The summed E-state index contributed by atoms with van der Waals surface area (Å²) in [4.78, 5) is 27.9. The first-order chi connectivity index (χ1) is 16.9. The van der Waals surface area contributed by atoms with Gasteiger partial charge in [0.2, 0.25) is 5.91 Å². The van der Waals surface area contributed by atoms with E-state index in [1.807, 2.05) is 13.8 Å². The largest absolute Gasteiger partial charge is 0.490 e. The lowest BCUT2D eigenvalue weighted by Gasteiger charge is -2.32. The number of rotatable bonds is 11. The molecular weight excluding hydrogens is 440 g/mol. The molecule has 3 rings (SSSR count). The van der Waals surface area contributed by atoms with Crippen molar-refractivity contribution in [1.82, 2.24) is 5.32 Å². The van der Waals surface area contributed by atoms with E-state index < -0.39 is 5.97 Å². The summed E-state index contributed by atoms with van der Waals surface area (Å²) < 4.78 is 11.0. The maximum atomic E-state index is 13.2. The van der Waals surface area contributed by atoms with Crippen LogP contribution < -0.4 is 15.0 Å². The Kier molecular flexibility index (Phi) is 10.0. The molecule has 1 amide bonds. The van der Waals surface area contributed by atoms with Gasteiger partial charge in [-0.3, -0.25) is 4.79 Å². The lowest BCUT2D eigenvalue weighted by molar-refractivity contribution is -0.121. The van der Waals surface area contributed by atoms with Gasteiger partial charge in [-0.1, -0.05) is 37.6 Å². The Hall–Kier alpha value is -3.02. The molecule has 0 aliphatic carbocycles. The summed E-state index contributed by atoms with van der Waals surface area (Å²) in [6.45, 7) is 10.2. The van der Waals surface area contributed by atoms with Gasteiger partial charge in [-0.2, -0.15) is 0 Å². The molecule has 1 heterocycles. The van der Waals surface area contributed by atoms with E-state index >= 15 is 0 Å². The molecule has 0 bridgehead atoms. The number of nitrogens with zero attached hydrogens (tertiary/aromatic N) is 1. The predicted molar refractivity (Wildman–Crippen MR) is 140 cm³/mol. The van der Waals surface area contributed by atoms with Gasteiger partial charge in [0.25, 0.3) is 0 Å². The van der Waals surface area contributed by atoms with Crippen LogP contribution in [0.5, 0.6) is 5.75 Å². The molecule has 6 heteroatoms. The number of ether oxygens (including phenoxy) is 2. The van der Waals surface area contributed by atoms with E-state index in [0.717, 1.165) is 31.5 Å². The first kappa shape index (κ1) is 26.6. The summed E-state index contributed by atoms with van der Waals surface area (Å²) >= 11 is 0. The molecule has 35 heavy (non-hydrogen) atoms. The zero-order chi connectivity index (χ0) is 25.2. The van der Waals surface area contributed by atoms with Crippen LogP contribution in [0.1, 0.15) is 87.3 Å². The van der Waals surface area contributed by atoms with Gasteiger partial charge >= 0.3 is 5.97 Å². The molecule has 1 atom stereocenters. The minimum Gasteiger partial charge on any atom is -0.490 e. The van der Waals surface area contributed by atoms with E-state index in [1.165, 1.54) is 30.5 Å². The summed E-state index contributed by atoms with van der Waals surface area (Å²) in [6.07, 6.45) is 5.66. The topological polar surface area (TPSA) is 67.9 Å². The van der Waals surface area contributed by atoms with Crippen molar-refractivity contribution in [3.05, 3.63) is 59.2 Å². The standard InChI is InChI=1S/C29H40N2O4/c1-5-12-25(23-13-8-9-14-26(23)31-17-10-7-11-18-31)30-28(32)20-22-15-16-24(29(33)34-6-2)27(19-22)35-21(3)4/h8-9,13-16,19,21,25H,5-7,10-12,17-18,20H2,1-4H3,(H,30,32). The maximum absolute atomic E-state index is 13.2. The van der Waals surface area contributed by atoms with Gasteiger partial charge in [-0.25, -0.2) is 4.79 Å². The Balaban J connectivity index is 1.77. The molecule has 6 nitrogen and oxygen atoms in total. The first-order valence-corrected chi connectivity index (χ1v) is 13.0. The molecule has 0 spiro atoms. The fourth-order valence-electron chi connectivity index (χ4n) is 4.64. The van der Waals surface area contributed by atoms with Crippen molar-refractivity contribution in [2.24, 2.45) is 0 Å². The van der Waals surface area contributed by atoms with E-state index in [9.17, 15) is 9.59 Å². The minimum absolute atomic E-state index is 0.0451. The van der Waals surface area contributed by atoms with Crippen molar-refractivity contribution in [2.45, 2.75) is 78.4 Å². The molecule has 1 saturated heterocycles. The molecule has 0 saturated carbocycles. The predicted octanol–water partition coefficient (Wildman–Crippen LogP) is 5.84. The summed E-state index contributed by atoms with van der Waals surface area (Å²) in [7, 11) is 0. The number of esters is 1. The van der Waals surface area contributed by atoms with Crippen LogP contribution in [0.3, 0.4) is 0 Å². The first-order valence-electron chi connectivity index (χ1n) is 13.0. The summed E-state index contributed by atoms with van der Waals surface area (Å²) in [5, 5.41) is 3.28.